The Labute approximate surface area is 125 Å². The van der Waals surface area contributed by atoms with E-state index in [1.807, 2.05) is 72.5 Å². The van der Waals surface area contributed by atoms with Gasteiger partial charge in [0.25, 0.3) is 5.91 Å². The van der Waals surface area contributed by atoms with E-state index in [4.69, 9.17) is 4.84 Å². The van der Waals surface area contributed by atoms with E-state index in [0.29, 0.717) is 6.61 Å². The van der Waals surface area contributed by atoms with Gasteiger partial charge in [0.15, 0.2) is 0 Å². The highest BCUT2D eigenvalue weighted by Gasteiger charge is 2.09. The fourth-order valence-electron chi connectivity index (χ4n) is 2.00. The molecule has 0 spiro atoms. The third-order valence-electron chi connectivity index (χ3n) is 3.11. The summed E-state index contributed by atoms with van der Waals surface area (Å²) in [6.45, 7) is 3.42. The average Bonchev–Trinajstić information content (AvgIpc) is 2.54. The molecule has 21 heavy (non-hydrogen) atoms. The van der Waals surface area contributed by atoms with E-state index in [9.17, 15) is 4.79 Å². The predicted octanol–water partition coefficient (Wildman–Crippen LogP) is 2.76. The van der Waals surface area contributed by atoms with Crippen LogP contribution >= 0.6 is 0 Å². The highest BCUT2D eigenvalue weighted by Crippen LogP contribution is 2.12. The SMILES string of the molecule is CCN(CC(=O)NOCc1ccccc1)c1ccccc1. The topological polar surface area (TPSA) is 41.6 Å². The number of benzene rings is 2. The van der Waals surface area contributed by atoms with E-state index >= 15 is 0 Å². The quantitative estimate of drug-likeness (QED) is 0.795. The van der Waals surface area contributed by atoms with Crippen molar-refractivity contribution in [3.8, 4) is 0 Å². The van der Waals surface area contributed by atoms with Crippen molar-refractivity contribution >= 4 is 11.6 Å². The molecule has 1 amide bonds. The average molecular weight is 284 g/mol. The molecule has 1 N–H and O–H groups in total. The molecule has 4 heteroatoms. The Balaban J connectivity index is 1.78. The second-order valence-electron chi connectivity index (χ2n) is 4.65. The number of rotatable bonds is 7. The molecule has 0 aliphatic rings. The first kappa shape index (κ1) is 15.1. The molecule has 0 aliphatic heterocycles. The number of likely N-dealkylation sites (N-methyl/N-ethyl adjacent to an activating group) is 1. The second-order valence-corrected chi connectivity index (χ2v) is 4.65. The molecule has 0 unspecified atom stereocenters. The Hall–Kier alpha value is -2.33. The van der Waals surface area contributed by atoms with Gasteiger partial charge in [-0.25, -0.2) is 5.48 Å². The molecule has 0 atom stereocenters. The number of hydrogen-bond donors (Lipinski definition) is 1. The van der Waals surface area contributed by atoms with Crippen LogP contribution in [-0.4, -0.2) is 19.0 Å². The largest absolute Gasteiger partial charge is 0.362 e. The van der Waals surface area contributed by atoms with Gasteiger partial charge in [-0.05, 0) is 24.6 Å². The van der Waals surface area contributed by atoms with Gasteiger partial charge in [-0.3, -0.25) is 9.63 Å². The maximum absolute atomic E-state index is 11.9. The molecule has 2 aromatic rings. The van der Waals surface area contributed by atoms with Crippen LogP contribution in [0.3, 0.4) is 0 Å². The normalized spacial score (nSPS) is 10.1. The van der Waals surface area contributed by atoms with Crippen molar-refractivity contribution in [2.45, 2.75) is 13.5 Å². The summed E-state index contributed by atoms with van der Waals surface area (Å²) in [6, 6.07) is 19.6. The number of amides is 1. The number of carbonyl (C=O) groups excluding carboxylic acids is 1. The fraction of sp³-hybridized carbons (Fsp3) is 0.235. The van der Waals surface area contributed by atoms with Crippen LogP contribution in [0.15, 0.2) is 60.7 Å². The molecule has 0 saturated carbocycles. The van der Waals surface area contributed by atoms with E-state index < -0.39 is 0 Å². The number of nitrogens with zero attached hydrogens (tertiary/aromatic N) is 1. The van der Waals surface area contributed by atoms with Gasteiger partial charge in [0.05, 0.1) is 13.2 Å². The molecule has 0 aliphatic carbocycles. The number of hydroxylamine groups is 1. The second kappa shape index (κ2) is 8.07. The van der Waals surface area contributed by atoms with Crippen LogP contribution in [0.25, 0.3) is 0 Å². The van der Waals surface area contributed by atoms with Crippen molar-refractivity contribution in [2.75, 3.05) is 18.0 Å². The summed E-state index contributed by atoms with van der Waals surface area (Å²) < 4.78 is 0. The van der Waals surface area contributed by atoms with Crippen LogP contribution in [0.5, 0.6) is 0 Å². The van der Waals surface area contributed by atoms with Gasteiger partial charge >= 0.3 is 0 Å². The monoisotopic (exact) mass is 284 g/mol. The molecule has 0 heterocycles. The standard InChI is InChI=1S/C17H20N2O2/c1-2-19(16-11-7-4-8-12-16)13-17(20)18-21-14-15-9-5-3-6-10-15/h3-12H,2,13-14H2,1H3,(H,18,20). The molecule has 2 rings (SSSR count). The maximum Gasteiger partial charge on any atom is 0.263 e. The maximum atomic E-state index is 11.9. The van der Waals surface area contributed by atoms with Crippen LogP contribution in [-0.2, 0) is 16.2 Å². The van der Waals surface area contributed by atoms with Gasteiger partial charge in [-0.15, -0.1) is 0 Å². The van der Waals surface area contributed by atoms with Crippen molar-refractivity contribution in [3.63, 3.8) is 0 Å². The van der Waals surface area contributed by atoms with Gasteiger partial charge in [0.1, 0.15) is 0 Å². The van der Waals surface area contributed by atoms with E-state index in [2.05, 4.69) is 5.48 Å². The van der Waals surface area contributed by atoms with Gasteiger partial charge in [-0.1, -0.05) is 48.5 Å². The highest BCUT2D eigenvalue weighted by atomic mass is 16.6. The van der Waals surface area contributed by atoms with Crippen LogP contribution < -0.4 is 10.4 Å². The van der Waals surface area contributed by atoms with Gasteiger partial charge in [0, 0.05) is 12.2 Å². The Kier molecular flexibility index (Phi) is 5.79. The zero-order valence-electron chi connectivity index (χ0n) is 12.2. The number of para-hydroxylation sites is 1. The van der Waals surface area contributed by atoms with Crippen LogP contribution in [0.2, 0.25) is 0 Å². The molecular weight excluding hydrogens is 264 g/mol. The molecule has 0 aromatic heterocycles. The number of hydrogen-bond acceptors (Lipinski definition) is 3. The number of nitrogens with one attached hydrogen (secondary N) is 1. The smallest absolute Gasteiger partial charge is 0.263 e. The van der Waals surface area contributed by atoms with Crippen molar-refractivity contribution < 1.29 is 9.63 Å². The minimum absolute atomic E-state index is 0.156. The van der Waals surface area contributed by atoms with Crippen molar-refractivity contribution in [1.29, 1.82) is 0 Å². The predicted molar refractivity (Wildman–Crippen MR) is 83.7 cm³/mol. The minimum atomic E-state index is -0.156. The number of carbonyl (C=O) groups is 1. The summed E-state index contributed by atoms with van der Waals surface area (Å²) in [5.41, 5.74) is 4.53. The van der Waals surface area contributed by atoms with E-state index in [0.717, 1.165) is 17.8 Å². The van der Waals surface area contributed by atoms with E-state index in [-0.39, 0.29) is 12.5 Å². The summed E-state index contributed by atoms with van der Waals surface area (Å²) in [6.07, 6.45) is 0. The van der Waals surface area contributed by atoms with Crippen LogP contribution in [0.1, 0.15) is 12.5 Å². The zero-order valence-corrected chi connectivity index (χ0v) is 12.2. The Bertz CT molecular complexity index is 543. The molecular formula is C17H20N2O2. The first-order valence-electron chi connectivity index (χ1n) is 7.04. The lowest BCUT2D eigenvalue weighted by Gasteiger charge is -2.22. The molecule has 0 radical (unpaired) electrons. The van der Waals surface area contributed by atoms with Gasteiger partial charge in [-0.2, -0.15) is 0 Å². The molecule has 0 fully saturated rings. The Morgan fingerprint density at radius 1 is 1.05 bits per heavy atom. The van der Waals surface area contributed by atoms with Crippen molar-refractivity contribution in [1.82, 2.24) is 5.48 Å². The zero-order chi connectivity index (χ0) is 14.9. The minimum Gasteiger partial charge on any atom is -0.362 e. The summed E-state index contributed by atoms with van der Waals surface area (Å²) in [5, 5.41) is 0. The molecule has 4 nitrogen and oxygen atoms in total. The fourth-order valence-corrected chi connectivity index (χ4v) is 2.00. The molecule has 110 valence electrons. The van der Waals surface area contributed by atoms with Crippen molar-refractivity contribution in [3.05, 3.63) is 66.2 Å². The molecule has 0 saturated heterocycles. The van der Waals surface area contributed by atoms with Gasteiger partial charge in [0.2, 0.25) is 0 Å². The molecule has 0 bridgehead atoms. The third kappa shape index (κ3) is 4.93. The highest BCUT2D eigenvalue weighted by molar-refractivity contribution is 5.80. The Morgan fingerprint density at radius 2 is 1.67 bits per heavy atom. The lowest BCUT2D eigenvalue weighted by Crippen LogP contribution is -2.37. The lowest BCUT2D eigenvalue weighted by molar-refractivity contribution is -0.133. The lowest BCUT2D eigenvalue weighted by atomic mass is 10.2. The van der Waals surface area contributed by atoms with E-state index in [1.54, 1.807) is 0 Å². The van der Waals surface area contributed by atoms with Crippen molar-refractivity contribution in [2.24, 2.45) is 0 Å². The first-order valence-corrected chi connectivity index (χ1v) is 7.04. The van der Waals surface area contributed by atoms with Gasteiger partial charge < -0.3 is 4.90 Å². The number of anilines is 1. The summed E-state index contributed by atoms with van der Waals surface area (Å²) in [5.74, 6) is -0.156. The summed E-state index contributed by atoms with van der Waals surface area (Å²) in [7, 11) is 0. The van der Waals surface area contributed by atoms with Crippen LogP contribution in [0.4, 0.5) is 5.69 Å². The van der Waals surface area contributed by atoms with E-state index in [1.165, 1.54) is 0 Å². The van der Waals surface area contributed by atoms with Crippen LogP contribution in [0, 0.1) is 0 Å². The molecule has 2 aromatic carbocycles. The summed E-state index contributed by atoms with van der Waals surface area (Å²) >= 11 is 0. The summed E-state index contributed by atoms with van der Waals surface area (Å²) in [4.78, 5) is 19.1. The third-order valence-corrected chi connectivity index (χ3v) is 3.11. The first-order chi connectivity index (χ1) is 10.3. The Morgan fingerprint density at radius 3 is 2.29 bits per heavy atom.